The monoisotopic (exact) mass is 468 g/mol. The number of carbonyl (C=O) groups is 1. The van der Waals surface area contributed by atoms with Gasteiger partial charge in [-0.15, -0.1) is 0 Å². The molecule has 0 aliphatic carbocycles. The van der Waals surface area contributed by atoms with Crippen LogP contribution in [0.5, 0.6) is 0 Å². The third kappa shape index (κ3) is 7.35. The lowest BCUT2D eigenvalue weighted by atomic mass is 10.1. The molecule has 1 amide bonds. The van der Waals surface area contributed by atoms with Gasteiger partial charge < -0.3 is 10.1 Å². The molecule has 0 saturated heterocycles. The highest BCUT2D eigenvalue weighted by Crippen LogP contribution is 2.15. The standard InChI is InChI=1S/C20H25BrN2O4S/c1-2-27-14-6-13-22-20(24)19(15-16-7-4-3-5-8-16)23-28(25,26)18-11-9-17(21)10-12-18/h3-5,7-12,19,23H,2,6,13-15H2,1H3,(H,22,24)/t19-/m0/s1. The summed E-state index contributed by atoms with van der Waals surface area (Å²) in [6.45, 7) is 3.50. The molecule has 0 aromatic heterocycles. The van der Waals surface area contributed by atoms with E-state index in [4.69, 9.17) is 4.74 Å². The van der Waals surface area contributed by atoms with Crippen LogP contribution in [0, 0.1) is 0 Å². The summed E-state index contributed by atoms with van der Waals surface area (Å²) in [5.74, 6) is -0.360. The SMILES string of the molecule is CCOCCCNC(=O)[C@H](Cc1ccccc1)NS(=O)(=O)c1ccc(Br)cc1. The maximum absolute atomic E-state index is 12.7. The molecule has 0 fully saturated rings. The van der Waals surface area contributed by atoms with E-state index in [1.807, 2.05) is 37.3 Å². The highest BCUT2D eigenvalue weighted by Gasteiger charge is 2.25. The second-order valence-electron chi connectivity index (χ2n) is 6.16. The molecule has 0 aliphatic heterocycles. The molecule has 0 aliphatic rings. The number of hydrogen-bond acceptors (Lipinski definition) is 4. The number of sulfonamides is 1. The molecule has 0 unspecified atom stereocenters. The zero-order chi connectivity index (χ0) is 20.4. The fourth-order valence-corrected chi connectivity index (χ4v) is 4.02. The van der Waals surface area contributed by atoms with E-state index >= 15 is 0 Å². The Labute approximate surface area is 174 Å². The lowest BCUT2D eigenvalue weighted by molar-refractivity contribution is -0.122. The Hall–Kier alpha value is -1.74. The Morgan fingerprint density at radius 1 is 1.11 bits per heavy atom. The zero-order valence-electron chi connectivity index (χ0n) is 15.7. The van der Waals surface area contributed by atoms with Crippen LogP contribution >= 0.6 is 15.9 Å². The van der Waals surface area contributed by atoms with Crippen LogP contribution in [0.2, 0.25) is 0 Å². The summed E-state index contributed by atoms with van der Waals surface area (Å²) in [7, 11) is -3.84. The summed E-state index contributed by atoms with van der Waals surface area (Å²) in [5, 5.41) is 2.79. The molecule has 0 heterocycles. The maximum Gasteiger partial charge on any atom is 0.241 e. The van der Waals surface area contributed by atoms with Crippen molar-refractivity contribution in [3.05, 3.63) is 64.6 Å². The molecular formula is C20H25BrN2O4S. The molecule has 0 spiro atoms. The van der Waals surface area contributed by atoms with Crippen molar-refractivity contribution < 1.29 is 17.9 Å². The van der Waals surface area contributed by atoms with Crippen molar-refractivity contribution in [3.63, 3.8) is 0 Å². The first-order valence-electron chi connectivity index (χ1n) is 9.09. The molecule has 6 nitrogen and oxygen atoms in total. The summed E-state index contributed by atoms with van der Waals surface area (Å²) in [5.41, 5.74) is 0.871. The van der Waals surface area contributed by atoms with Gasteiger partial charge in [-0.3, -0.25) is 4.79 Å². The summed E-state index contributed by atoms with van der Waals surface area (Å²) in [6, 6.07) is 14.7. The third-order valence-electron chi connectivity index (χ3n) is 3.99. The van der Waals surface area contributed by atoms with Crippen LogP contribution in [0.25, 0.3) is 0 Å². The van der Waals surface area contributed by atoms with Crippen LogP contribution < -0.4 is 10.0 Å². The number of rotatable bonds is 11. The van der Waals surface area contributed by atoms with Crippen molar-refractivity contribution in [2.45, 2.75) is 30.7 Å². The number of hydrogen-bond donors (Lipinski definition) is 2. The zero-order valence-corrected chi connectivity index (χ0v) is 18.1. The largest absolute Gasteiger partial charge is 0.382 e. The molecule has 2 aromatic carbocycles. The number of nitrogens with one attached hydrogen (secondary N) is 2. The van der Waals surface area contributed by atoms with Gasteiger partial charge >= 0.3 is 0 Å². The van der Waals surface area contributed by atoms with Gasteiger partial charge in [-0.2, -0.15) is 4.72 Å². The van der Waals surface area contributed by atoms with Gasteiger partial charge in [-0.05, 0) is 49.6 Å². The van der Waals surface area contributed by atoms with Gasteiger partial charge in [0.2, 0.25) is 15.9 Å². The van der Waals surface area contributed by atoms with Gasteiger partial charge in [0.1, 0.15) is 6.04 Å². The Morgan fingerprint density at radius 3 is 2.43 bits per heavy atom. The van der Waals surface area contributed by atoms with Gasteiger partial charge in [-0.1, -0.05) is 46.3 Å². The molecule has 2 N–H and O–H groups in total. The van der Waals surface area contributed by atoms with Gasteiger partial charge in [0, 0.05) is 24.2 Å². The molecule has 1 atom stereocenters. The van der Waals surface area contributed by atoms with E-state index in [1.54, 1.807) is 12.1 Å². The molecule has 2 aromatic rings. The first kappa shape index (κ1) is 22.5. The number of amides is 1. The maximum atomic E-state index is 12.7. The third-order valence-corrected chi connectivity index (χ3v) is 6.01. The normalized spacial score (nSPS) is 12.5. The highest BCUT2D eigenvalue weighted by molar-refractivity contribution is 9.10. The minimum Gasteiger partial charge on any atom is -0.382 e. The topological polar surface area (TPSA) is 84.5 Å². The number of benzene rings is 2. The van der Waals surface area contributed by atoms with E-state index in [1.165, 1.54) is 12.1 Å². The van der Waals surface area contributed by atoms with E-state index in [0.717, 1.165) is 10.0 Å². The first-order valence-corrected chi connectivity index (χ1v) is 11.4. The predicted molar refractivity (Wildman–Crippen MR) is 113 cm³/mol. The Bertz CT molecular complexity index is 842. The van der Waals surface area contributed by atoms with E-state index < -0.39 is 16.1 Å². The van der Waals surface area contributed by atoms with E-state index in [9.17, 15) is 13.2 Å². The molecule has 152 valence electrons. The fourth-order valence-electron chi connectivity index (χ4n) is 2.56. The van der Waals surface area contributed by atoms with Crippen molar-refractivity contribution in [3.8, 4) is 0 Å². The average molecular weight is 469 g/mol. The van der Waals surface area contributed by atoms with Crippen molar-refractivity contribution in [1.82, 2.24) is 10.0 Å². The quantitative estimate of drug-likeness (QED) is 0.496. The van der Waals surface area contributed by atoms with Gasteiger partial charge in [0.25, 0.3) is 0 Å². The summed E-state index contributed by atoms with van der Waals surface area (Å²) in [6.07, 6.45) is 0.922. The Balaban J connectivity index is 2.10. The molecular weight excluding hydrogens is 444 g/mol. The van der Waals surface area contributed by atoms with Crippen LogP contribution in [0.4, 0.5) is 0 Å². The van der Waals surface area contributed by atoms with Crippen LogP contribution in [0.15, 0.2) is 64.0 Å². The number of ether oxygens (including phenoxy) is 1. The summed E-state index contributed by atoms with van der Waals surface area (Å²) in [4.78, 5) is 12.8. The molecule has 8 heteroatoms. The molecule has 0 radical (unpaired) electrons. The van der Waals surface area contributed by atoms with E-state index in [0.29, 0.717) is 26.2 Å². The van der Waals surface area contributed by atoms with Crippen LogP contribution in [0.3, 0.4) is 0 Å². The number of carbonyl (C=O) groups excluding carboxylic acids is 1. The minimum absolute atomic E-state index is 0.109. The first-order chi connectivity index (χ1) is 13.4. The lowest BCUT2D eigenvalue weighted by Crippen LogP contribution is -2.48. The summed E-state index contributed by atoms with van der Waals surface area (Å²) < 4.78 is 34.0. The summed E-state index contributed by atoms with van der Waals surface area (Å²) >= 11 is 3.29. The van der Waals surface area contributed by atoms with Crippen LogP contribution in [-0.2, 0) is 26.0 Å². The van der Waals surface area contributed by atoms with E-state index in [2.05, 4.69) is 26.0 Å². The van der Waals surface area contributed by atoms with Crippen molar-refractivity contribution >= 4 is 31.9 Å². The highest BCUT2D eigenvalue weighted by atomic mass is 79.9. The Kier molecular flexibility index (Phi) is 9.11. The van der Waals surface area contributed by atoms with Crippen LogP contribution in [-0.4, -0.2) is 40.1 Å². The lowest BCUT2D eigenvalue weighted by Gasteiger charge is -2.19. The predicted octanol–water partition coefficient (Wildman–Crippen LogP) is 2.88. The minimum atomic E-state index is -3.84. The Morgan fingerprint density at radius 2 is 1.79 bits per heavy atom. The molecule has 2 rings (SSSR count). The fraction of sp³-hybridized carbons (Fsp3) is 0.350. The van der Waals surface area contributed by atoms with Crippen molar-refractivity contribution in [2.75, 3.05) is 19.8 Å². The second kappa shape index (κ2) is 11.3. The molecule has 0 bridgehead atoms. The van der Waals surface area contributed by atoms with E-state index in [-0.39, 0.29) is 17.2 Å². The van der Waals surface area contributed by atoms with Crippen molar-refractivity contribution in [2.24, 2.45) is 0 Å². The van der Waals surface area contributed by atoms with Gasteiger partial charge in [0.05, 0.1) is 4.90 Å². The van der Waals surface area contributed by atoms with Gasteiger partial charge in [-0.25, -0.2) is 8.42 Å². The molecule has 28 heavy (non-hydrogen) atoms. The average Bonchev–Trinajstić information content (AvgIpc) is 2.68. The second-order valence-corrected chi connectivity index (χ2v) is 8.79. The van der Waals surface area contributed by atoms with Crippen LogP contribution in [0.1, 0.15) is 18.9 Å². The van der Waals surface area contributed by atoms with Crippen molar-refractivity contribution in [1.29, 1.82) is 0 Å². The molecule has 0 saturated carbocycles. The van der Waals surface area contributed by atoms with Gasteiger partial charge in [0.15, 0.2) is 0 Å². The number of halogens is 1. The smallest absolute Gasteiger partial charge is 0.241 e.